The van der Waals surface area contributed by atoms with Crippen molar-refractivity contribution < 1.29 is 13.2 Å². The van der Waals surface area contributed by atoms with Crippen LogP contribution in [0.15, 0.2) is 41.8 Å². The van der Waals surface area contributed by atoms with E-state index in [1.165, 1.54) is 12.1 Å². The molecule has 1 aromatic heterocycles. The zero-order chi connectivity index (χ0) is 13.9. The van der Waals surface area contributed by atoms with Crippen LogP contribution < -0.4 is 5.32 Å². The van der Waals surface area contributed by atoms with E-state index >= 15 is 0 Å². The van der Waals surface area contributed by atoms with Gasteiger partial charge in [0.25, 0.3) is 0 Å². The largest absolute Gasteiger partial charge is 0.416 e. The lowest BCUT2D eigenvalue weighted by Gasteiger charge is -2.15. The van der Waals surface area contributed by atoms with Crippen LogP contribution in [0.5, 0.6) is 0 Å². The second-order valence-electron chi connectivity index (χ2n) is 4.26. The second kappa shape index (κ2) is 5.75. The van der Waals surface area contributed by atoms with Crippen molar-refractivity contribution in [2.45, 2.75) is 18.6 Å². The molecule has 0 aliphatic carbocycles. The Morgan fingerprint density at radius 2 is 2.00 bits per heavy atom. The van der Waals surface area contributed by atoms with Crippen LogP contribution in [0.1, 0.15) is 22.0 Å². The average Bonchev–Trinajstić information content (AvgIpc) is 2.89. The van der Waals surface area contributed by atoms with Crippen LogP contribution in [0.3, 0.4) is 0 Å². The normalized spacial score (nSPS) is 13.5. The predicted molar refractivity (Wildman–Crippen MR) is 71.3 cm³/mol. The Morgan fingerprint density at radius 3 is 2.58 bits per heavy atom. The van der Waals surface area contributed by atoms with Gasteiger partial charge in [-0.2, -0.15) is 13.2 Å². The van der Waals surface area contributed by atoms with E-state index in [-0.39, 0.29) is 6.04 Å². The van der Waals surface area contributed by atoms with Gasteiger partial charge in [0, 0.05) is 10.9 Å². The molecule has 1 heterocycles. The summed E-state index contributed by atoms with van der Waals surface area (Å²) in [4.78, 5) is 1.12. The van der Waals surface area contributed by atoms with E-state index in [2.05, 4.69) is 5.32 Å². The number of halogens is 3. The lowest BCUT2D eigenvalue weighted by molar-refractivity contribution is -0.137. The highest BCUT2D eigenvalue weighted by atomic mass is 32.1. The number of benzene rings is 1. The highest BCUT2D eigenvalue weighted by Gasteiger charge is 2.30. The van der Waals surface area contributed by atoms with Crippen LogP contribution in [0.25, 0.3) is 0 Å². The molecule has 0 fully saturated rings. The maximum Gasteiger partial charge on any atom is 0.416 e. The molecule has 102 valence electrons. The van der Waals surface area contributed by atoms with Crippen LogP contribution in [-0.4, -0.2) is 7.05 Å². The minimum Gasteiger partial charge on any atom is -0.312 e. The topological polar surface area (TPSA) is 12.0 Å². The molecule has 0 bridgehead atoms. The number of nitrogens with one attached hydrogen (secondary N) is 1. The Labute approximate surface area is 114 Å². The van der Waals surface area contributed by atoms with Gasteiger partial charge in [-0.15, -0.1) is 11.3 Å². The minimum absolute atomic E-state index is 0.0449. The van der Waals surface area contributed by atoms with Gasteiger partial charge in [0.05, 0.1) is 5.56 Å². The first-order chi connectivity index (χ1) is 9.00. The summed E-state index contributed by atoms with van der Waals surface area (Å²) in [5.41, 5.74) is 0.0913. The lowest BCUT2D eigenvalue weighted by Crippen LogP contribution is -2.18. The summed E-state index contributed by atoms with van der Waals surface area (Å²) in [6.07, 6.45) is -3.74. The molecule has 1 aromatic carbocycles. The van der Waals surface area contributed by atoms with Crippen molar-refractivity contribution in [3.05, 3.63) is 57.8 Å². The molecule has 2 aromatic rings. The maximum atomic E-state index is 12.6. The van der Waals surface area contributed by atoms with Gasteiger partial charge in [-0.25, -0.2) is 0 Å². The minimum atomic E-state index is -4.28. The van der Waals surface area contributed by atoms with Gasteiger partial charge in [0.15, 0.2) is 0 Å². The molecule has 0 saturated heterocycles. The summed E-state index contributed by atoms with van der Waals surface area (Å²) in [7, 11) is 1.82. The third kappa shape index (κ3) is 3.58. The zero-order valence-electron chi connectivity index (χ0n) is 10.4. The highest BCUT2D eigenvalue weighted by molar-refractivity contribution is 7.10. The van der Waals surface area contributed by atoms with E-state index in [4.69, 9.17) is 0 Å². The zero-order valence-corrected chi connectivity index (χ0v) is 11.2. The van der Waals surface area contributed by atoms with E-state index in [1.807, 2.05) is 24.6 Å². The molecule has 0 radical (unpaired) electrons. The predicted octanol–water partition coefficient (Wildman–Crippen LogP) is 4.27. The maximum absolute atomic E-state index is 12.6. The van der Waals surface area contributed by atoms with Crippen molar-refractivity contribution in [2.75, 3.05) is 7.05 Å². The Balaban J connectivity index is 2.19. The van der Waals surface area contributed by atoms with Crippen molar-refractivity contribution in [1.29, 1.82) is 0 Å². The molecule has 0 saturated carbocycles. The van der Waals surface area contributed by atoms with Crippen LogP contribution in [0.2, 0.25) is 0 Å². The van der Waals surface area contributed by atoms with Crippen molar-refractivity contribution in [3.63, 3.8) is 0 Å². The van der Waals surface area contributed by atoms with Gasteiger partial charge in [-0.3, -0.25) is 0 Å². The Bertz CT molecular complexity index is 520. The van der Waals surface area contributed by atoms with Crippen molar-refractivity contribution in [3.8, 4) is 0 Å². The number of thiophene rings is 1. The standard InChI is InChI=1S/C14H14F3NS/c1-18-12(13-6-3-7-19-13)9-10-4-2-5-11(8-10)14(15,16)17/h2-8,12,18H,9H2,1H3. The highest BCUT2D eigenvalue weighted by Crippen LogP contribution is 2.30. The first kappa shape index (κ1) is 14.1. The third-order valence-electron chi connectivity index (χ3n) is 2.93. The van der Waals surface area contributed by atoms with Gasteiger partial charge >= 0.3 is 6.18 Å². The monoisotopic (exact) mass is 285 g/mol. The number of likely N-dealkylation sites (N-methyl/N-ethyl adjacent to an activating group) is 1. The van der Waals surface area contributed by atoms with Crippen molar-refractivity contribution >= 4 is 11.3 Å². The fourth-order valence-electron chi connectivity index (χ4n) is 1.94. The molecule has 1 unspecified atom stereocenters. The third-order valence-corrected chi connectivity index (χ3v) is 3.92. The number of hydrogen-bond acceptors (Lipinski definition) is 2. The molecule has 2 rings (SSSR count). The molecule has 1 N–H and O–H groups in total. The quantitative estimate of drug-likeness (QED) is 0.884. The summed E-state index contributed by atoms with van der Waals surface area (Å²) in [5.74, 6) is 0. The molecular weight excluding hydrogens is 271 g/mol. The molecule has 5 heteroatoms. The smallest absolute Gasteiger partial charge is 0.312 e. The van der Waals surface area contributed by atoms with Crippen LogP contribution in [0.4, 0.5) is 13.2 Å². The number of rotatable bonds is 4. The SMILES string of the molecule is CNC(Cc1cccc(C(F)(F)F)c1)c1cccs1. The van der Waals surface area contributed by atoms with Crippen molar-refractivity contribution in [1.82, 2.24) is 5.32 Å². The summed E-state index contributed by atoms with van der Waals surface area (Å²) in [5, 5.41) is 5.10. The van der Waals surface area contributed by atoms with E-state index in [1.54, 1.807) is 17.4 Å². The lowest BCUT2D eigenvalue weighted by atomic mass is 10.0. The summed E-state index contributed by atoms with van der Waals surface area (Å²) >= 11 is 1.60. The Hall–Kier alpha value is -1.33. The number of alkyl halides is 3. The molecule has 0 spiro atoms. The van der Waals surface area contributed by atoms with E-state index < -0.39 is 11.7 Å². The fraction of sp³-hybridized carbons (Fsp3) is 0.286. The number of hydrogen-bond donors (Lipinski definition) is 1. The molecule has 1 atom stereocenters. The summed E-state index contributed by atoms with van der Waals surface area (Å²) < 4.78 is 37.9. The van der Waals surface area contributed by atoms with Gasteiger partial charge in [-0.05, 0) is 36.5 Å². The molecular formula is C14H14F3NS. The first-order valence-corrected chi connectivity index (χ1v) is 6.75. The Kier molecular flexibility index (Phi) is 4.27. The van der Waals surface area contributed by atoms with E-state index in [9.17, 15) is 13.2 Å². The summed E-state index contributed by atoms with van der Waals surface area (Å²) in [6.45, 7) is 0. The summed E-state index contributed by atoms with van der Waals surface area (Å²) in [6, 6.07) is 9.48. The molecule has 0 aliphatic heterocycles. The van der Waals surface area contributed by atoms with Crippen LogP contribution in [0, 0.1) is 0 Å². The fourth-order valence-corrected chi connectivity index (χ4v) is 2.78. The van der Waals surface area contributed by atoms with Crippen molar-refractivity contribution in [2.24, 2.45) is 0 Å². The van der Waals surface area contributed by atoms with Gasteiger partial charge in [0.2, 0.25) is 0 Å². The van der Waals surface area contributed by atoms with Gasteiger partial charge < -0.3 is 5.32 Å². The molecule has 0 amide bonds. The van der Waals surface area contributed by atoms with E-state index in [0.717, 1.165) is 10.9 Å². The van der Waals surface area contributed by atoms with Crippen LogP contribution in [-0.2, 0) is 12.6 Å². The van der Waals surface area contributed by atoms with Gasteiger partial charge in [0.1, 0.15) is 0 Å². The molecule has 1 nitrogen and oxygen atoms in total. The first-order valence-electron chi connectivity index (χ1n) is 5.87. The molecule has 19 heavy (non-hydrogen) atoms. The average molecular weight is 285 g/mol. The van der Waals surface area contributed by atoms with Gasteiger partial charge in [-0.1, -0.05) is 24.3 Å². The molecule has 0 aliphatic rings. The second-order valence-corrected chi connectivity index (χ2v) is 5.24. The van der Waals surface area contributed by atoms with E-state index in [0.29, 0.717) is 12.0 Å². The van der Waals surface area contributed by atoms with Crippen LogP contribution >= 0.6 is 11.3 Å². The Morgan fingerprint density at radius 1 is 1.21 bits per heavy atom.